The molecule has 18 heavy (non-hydrogen) atoms. The van der Waals surface area contributed by atoms with Crippen LogP contribution in [-0.4, -0.2) is 19.3 Å². The van der Waals surface area contributed by atoms with Gasteiger partial charge in [-0.2, -0.15) is 5.10 Å². The van der Waals surface area contributed by atoms with E-state index < -0.39 is 0 Å². The normalized spacial score (nSPS) is 10.8. The average molecular weight is 358 g/mol. The summed E-state index contributed by atoms with van der Waals surface area (Å²) in [4.78, 5) is 16.2. The van der Waals surface area contributed by atoms with Gasteiger partial charge in [0, 0.05) is 21.9 Å². The van der Waals surface area contributed by atoms with Gasteiger partial charge < -0.3 is 4.57 Å². The maximum Gasteiger partial charge on any atom is 0.253 e. The van der Waals surface area contributed by atoms with Gasteiger partial charge in [-0.3, -0.25) is 4.79 Å². The minimum atomic E-state index is 0.0291. The Labute approximate surface area is 119 Å². The van der Waals surface area contributed by atoms with Crippen molar-refractivity contribution in [1.82, 2.24) is 19.3 Å². The largest absolute Gasteiger partial charge is 0.307 e. The highest BCUT2D eigenvalue weighted by molar-refractivity contribution is 14.1. The zero-order valence-corrected chi connectivity index (χ0v) is 12.6. The second-order valence-electron chi connectivity index (χ2n) is 4.17. The molecule has 0 amide bonds. The molecule has 0 N–H and O–H groups in total. The molecule has 2 heterocycles. The summed E-state index contributed by atoms with van der Waals surface area (Å²) in [5, 5.41) is 4.16. The number of nitrogens with zero attached hydrogens (tertiary/aromatic N) is 4. The minimum Gasteiger partial charge on any atom is -0.307 e. The van der Waals surface area contributed by atoms with Gasteiger partial charge in [-0.05, 0) is 42.0 Å². The van der Waals surface area contributed by atoms with Crippen LogP contribution < -0.4 is 5.56 Å². The fourth-order valence-corrected chi connectivity index (χ4v) is 2.62. The maximum atomic E-state index is 12.0. The standard InChI is InChI=1S/C12H15IN4O/c1-3-4-17-11(14-8-15-17)7-16-6-10(13)5-9(2)12(16)18/h5-6,8H,3-4,7H2,1-2H3. The Morgan fingerprint density at radius 2 is 2.22 bits per heavy atom. The van der Waals surface area contributed by atoms with E-state index in [4.69, 9.17) is 0 Å². The average Bonchev–Trinajstić information content (AvgIpc) is 2.73. The first-order chi connectivity index (χ1) is 8.61. The number of rotatable bonds is 4. The third-order valence-electron chi connectivity index (χ3n) is 2.67. The number of aryl methyl sites for hydroxylation is 2. The molecule has 0 saturated heterocycles. The van der Waals surface area contributed by atoms with Gasteiger partial charge in [0.05, 0.1) is 6.54 Å². The lowest BCUT2D eigenvalue weighted by molar-refractivity contribution is 0.549. The van der Waals surface area contributed by atoms with Gasteiger partial charge in [0.15, 0.2) is 0 Å². The van der Waals surface area contributed by atoms with Crippen molar-refractivity contribution in [1.29, 1.82) is 0 Å². The van der Waals surface area contributed by atoms with Crippen molar-refractivity contribution in [3.05, 3.63) is 43.9 Å². The summed E-state index contributed by atoms with van der Waals surface area (Å²) in [5.41, 5.74) is 0.782. The van der Waals surface area contributed by atoms with Crippen LogP contribution in [0.25, 0.3) is 0 Å². The number of hydrogen-bond donors (Lipinski definition) is 0. The van der Waals surface area contributed by atoms with E-state index in [-0.39, 0.29) is 5.56 Å². The molecule has 2 aromatic rings. The predicted octanol–water partition coefficient (Wildman–Crippen LogP) is 1.81. The first kappa shape index (κ1) is 13.3. The van der Waals surface area contributed by atoms with E-state index >= 15 is 0 Å². The van der Waals surface area contributed by atoms with Gasteiger partial charge in [-0.15, -0.1) is 0 Å². The first-order valence-electron chi connectivity index (χ1n) is 5.85. The van der Waals surface area contributed by atoms with Gasteiger partial charge in [0.25, 0.3) is 5.56 Å². The van der Waals surface area contributed by atoms with Crippen LogP contribution in [0, 0.1) is 10.5 Å². The maximum absolute atomic E-state index is 12.0. The topological polar surface area (TPSA) is 52.7 Å². The Kier molecular flexibility index (Phi) is 4.15. The summed E-state index contributed by atoms with van der Waals surface area (Å²) in [7, 11) is 0. The summed E-state index contributed by atoms with van der Waals surface area (Å²) >= 11 is 2.21. The molecule has 2 aromatic heterocycles. The molecule has 2 rings (SSSR count). The van der Waals surface area contributed by atoms with Crippen LogP contribution in [0.2, 0.25) is 0 Å². The van der Waals surface area contributed by atoms with Crippen molar-refractivity contribution in [2.75, 3.05) is 0 Å². The third-order valence-corrected chi connectivity index (χ3v) is 3.26. The summed E-state index contributed by atoms with van der Waals surface area (Å²) < 4.78 is 4.58. The molecule has 0 fully saturated rings. The van der Waals surface area contributed by atoms with E-state index in [1.165, 1.54) is 6.33 Å². The fraction of sp³-hybridized carbons (Fsp3) is 0.417. The Bertz CT molecular complexity index is 602. The molecule has 5 nitrogen and oxygen atoms in total. The molecule has 0 aromatic carbocycles. The smallest absolute Gasteiger partial charge is 0.253 e. The van der Waals surface area contributed by atoms with Crippen molar-refractivity contribution in [3.8, 4) is 0 Å². The molecule has 0 atom stereocenters. The lowest BCUT2D eigenvalue weighted by atomic mass is 10.3. The van der Waals surface area contributed by atoms with Gasteiger partial charge in [0.2, 0.25) is 0 Å². The van der Waals surface area contributed by atoms with Crippen molar-refractivity contribution in [2.24, 2.45) is 0 Å². The Morgan fingerprint density at radius 1 is 1.44 bits per heavy atom. The molecule has 0 aliphatic heterocycles. The number of hydrogen-bond acceptors (Lipinski definition) is 3. The Hall–Kier alpha value is -1.18. The van der Waals surface area contributed by atoms with Gasteiger partial charge in [-0.25, -0.2) is 9.67 Å². The van der Waals surface area contributed by atoms with Crippen LogP contribution in [0.5, 0.6) is 0 Å². The Balaban J connectivity index is 2.34. The summed E-state index contributed by atoms with van der Waals surface area (Å²) in [5.74, 6) is 0.820. The molecule has 0 radical (unpaired) electrons. The third kappa shape index (κ3) is 2.80. The van der Waals surface area contributed by atoms with E-state index in [2.05, 4.69) is 39.6 Å². The highest BCUT2D eigenvalue weighted by atomic mass is 127. The Morgan fingerprint density at radius 3 is 2.94 bits per heavy atom. The second-order valence-corrected chi connectivity index (χ2v) is 5.42. The van der Waals surface area contributed by atoms with Crippen LogP contribution in [-0.2, 0) is 13.1 Å². The quantitative estimate of drug-likeness (QED) is 0.784. The van der Waals surface area contributed by atoms with E-state index in [1.807, 2.05) is 23.9 Å². The van der Waals surface area contributed by atoms with E-state index in [9.17, 15) is 4.79 Å². The molecular weight excluding hydrogens is 343 g/mol. The monoisotopic (exact) mass is 358 g/mol. The molecule has 0 aliphatic rings. The van der Waals surface area contributed by atoms with Gasteiger partial charge in [0.1, 0.15) is 12.2 Å². The van der Waals surface area contributed by atoms with Gasteiger partial charge in [-0.1, -0.05) is 6.92 Å². The van der Waals surface area contributed by atoms with Crippen molar-refractivity contribution < 1.29 is 0 Å². The molecule has 0 unspecified atom stereocenters. The van der Waals surface area contributed by atoms with Gasteiger partial charge >= 0.3 is 0 Å². The molecule has 0 spiro atoms. The zero-order valence-electron chi connectivity index (χ0n) is 10.4. The molecule has 96 valence electrons. The highest BCUT2D eigenvalue weighted by Crippen LogP contribution is 2.05. The number of halogens is 1. The molecular formula is C12H15IN4O. The zero-order chi connectivity index (χ0) is 13.1. The molecule has 6 heteroatoms. The predicted molar refractivity (Wildman–Crippen MR) is 77.6 cm³/mol. The van der Waals surface area contributed by atoms with Crippen LogP contribution >= 0.6 is 22.6 Å². The van der Waals surface area contributed by atoms with Crippen molar-refractivity contribution in [3.63, 3.8) is 0 Å². The summed E-state index contributed by atoms with van der Waals surface area (Å²) in [6, 6.07) is 1.89. The minimum absolute atomic E-state index is 0.0291. The van der Waals surface area contributed by atoms with Crippen molar-refractivity contribution in [2.45, 2.75) is 33.4 Å². The molecule has 0 bridgehead atoms. The van der Waals surface area contributed by atoms with Crippen LogP contribution in [0.3, 0.4) is 0 Å². The second kappa shape index (κ2) is 5.64. The first-order valence-corrected chi connectivity index (χ1v) is 6.93. The van der Waals surface area contributed by atoms with E-state index in [0.29, 0.717) is 6.54 Å². The van der Waals surface area contributed by atoms with Crippen LogP contribution in [0.15, 0.2) is 23.4 Å². The SMILES string of the molecule is CCCn1ncnc1Cn1cc(I)cc(C)c1=O. The molecule has 0 aliphatic carbocycles. The lowest BCUT2D eigenvalue weighted by Gasteiger charge is -2.08. The van der Waals surface area contributed by atoms with Crippen LogP contribution in [0.4, 0.5) is 0 Å². The van der Waals surface area contributed by atoms with Crippen LogP contribution in [0.1, 0.15) is 24.7 Å². The molecule has 0 saturated carbocycles. The van der Waals surface area contributed by atoms with Crippen molar-refractivity contribution >= 4 is 22.6 Å². The van der Waals surface area contributed by atoms with E-state index in [1.54, 1.807) is 4.57 Å². The van der Waals surface area contributed by atoms with E-state index in [0.717, 1.165) is 27.9 Å². The number of pyridine rings is 1. The summed E-state index contributed by atoms with van der Waals surface area (Å²) in [6.07, 6.45) is 4.38. The lowest BCUT2D eigenvalue weighted by Crippen LogP contribution is -2.24. The number of aromatic nitrogens is 4. The highest BCUT2D eigenvalue weighted by Gasteiger charge is 2.07. The fourth-order valence-electron chi connectivity index (χ4n) is 1.82. The summed E-state index contributed by atoms with van der Waals surface area (Å²) in [6.45, 7) is 5.22.